The minimum absolute atomic E-state index is 0.173. The molecule has 1 fully saturated rings. The van der Waals surface area contributed by atoms with E-state index in [1.165, 1.54) is 26.1 Å². The van der Waals surface area contributed by atoms with Crippen molar-refractivity contribution in [3.05, 3.63) is 36.0 Å². The molecule has 38 heavy (non-hydrogen) atoms. The number of hydrogen-bond acceptors (Lipinski definition) is 7. The molecule has 1 saturated heterocycles. The normalized spacial score (nSPS) is 12.9. The van der Waals surface area contributed by atoms with Gasteiger partial charge in [0.15, 0.2) is 0 Å². The second kappa shape index (κ2) is 19.0. The van der Waals surface area contributed by atoms with Gasteiger partial charge in [0.05, 0.1) is 23.9 Å². The highest BCUT2D eigenvalue weighted by molar-refractivity contribution is 6.07. The number of methoxy groups -OCH3 is 1. The number of unbranched alkanes of at least 4 members (excludes halogenated alkanes) is 1. The van der Waals surface area contributed by atoms with E-state index in [2.05, 4.69) is 26.9 Å². The number of para-hydroxylation sites is 1. The van der Waals surface area contributed by atoms with Gasteiger partial charge in [-0.15, -0.1) is 0 Å². The Morgan fingerprint density at radius 3 is 2.21 bits per heavy atom. The zero-order valence-corrected chi connectivity index (χ0v) is 24.8. The number of benzene rings is 1. The first-order chi connectivity index (χ1) is 18.2. The summed E-state index contributed by atoms with van der Waals surface area (Å²) in [5.41, 5.74) is 1.15. The lowest BCUT2D eigenvalue weighted by Crippen LogP contribution is -2.50. The summed E-state index contributed by atoms with van der Waals surface area (Å²) in [5, 5.41) is 3.18. The van der Waals surface area contributed by atoms with Crippen molar-refractivity contribution in [2.45, 2.75) is 73.8 Å². The molecule has 0 atom stereocenters. The van der Waals surface area contributed by atoms with Gasteiger partial charge in [-0.1, -0.05) is 53.2 Å². The maximum absolute atomic E-state index is 11.8. The van der Waals surface area contributed by atoms with Gasteiger partial charge in [0.1, 0.15) is 5.60 Å². The van der Waals surface area contributed by atoms with E-state index in [4.69, 9.17) is 4.74 Å². The molecule has 2 amide bonds. The Morgan fingerprint density at radius 2 is 1.68 bits per heavy atom. The molecule has 0 spiro atoms. The average molecular weight is 533 g/mol. The summed E-state index contributed by atoms with van der Waals surface area (Å²) in [6, 6.07) is 6.79. The van der Waals surface area contributed by atoms with E-state index < -0.39 is 11.6 Å². The lowest BCUT2D eigenvalue weighted by molar-refractivity contribution is -0.105. The zero-order valence-electron chi connectivity index (χ0n) is 24.8. The number of hydrogen-bond donors (Lipinski definition) is 1. The van der Waals surface area contributed by atoms with Crippen LogP contribution < -0.4 is 5.32 Å². The summed E-state index contributed by atoms with van der Waals surface area (Å²) in [7, 11) is 1.32. The van der Waals surface area contributed by atoms with E-state index in [9.17, 15) is 14.4 Å². The number of amides is 2. The molecule has 1 aromatic carbocycles. The smallest absolute Gasteiger partial charge is 0.410 e. The number of pyridine rings is 1. The number of anilines is 1. The third-order valence-corrected chi connectivity index (χ3v) is 5.24. The quantitative estimate of drug-likeness (QED) is 0.361. The molecule has 2 heterocycles. The van der Waals surface area contributed by atoms with Gasteiger partial charge in [-0.2, -0.15) is 0 Å². The topological polar surface area (TPSA) is 101 Å². The number of piperazine rings is 1. The minimum atomic E-state index is -0.430. The Kier molecular flexibility index (Phi) is 17.4. The van der Waals surface area contributed by atoms with Crippen molar-refractivity contribution in [1.82, 2.24) is 14.8 Å². The second-order valence-electron chi connectivity index (χ2n) is 8.98. The van der Waals surface area contributed by atoms with Crippen molar-refractivity contribution in [3.8, 4) is 0 Å². The summed E-state index contributed by atoms with van der Waals surface area (Å²) in [4.78, 5) is 42.2. The Hall–Kier alpha value is -3.20. The number of fused-ring (bicyclic) bond motifs is 1. The number of nitrogens with zero attached hydrogens (tertiary/aromatic N) is 3. The van der Waals surface area contributed by atoms with Crippen molar-refractivity contribution in [1.29, 1.82) is 0 Å². The molecule has 9 nitrogen and oxygen atoms in total. The number of esters is 1. The molecular weight excluding hydrogens is 484 g/mol. The molecule has 9 heteroatoms. The predicted molar refractivity (Wildman–Crippen MR) is 155 cm³/mol. The molecule has 2 aromatic rings. The van der Waals surface area contributed by atoms with Crippen LogP contribution in [-0.2, 0) is 14.3 Å². The number of aromatic nitrogens is 1. The van der Waals surface area contributed by atoms with E-state index in [-0.39, 0.29) is 6.09 Å². The molecule has 1 N–H and O–H groups in total. The molecule has 0 aliphatic carbocycles. The number of carbonyl (C=O) groups excluding carboxylic acids is 3. The monoisotopic (exact) mass is 532 g/mol. The summed E-state index contributed by atoms with van der Waals surface area (Å²) >= 11 is 0. The molecule has 214 valence electrons. The molecule has 3 rings (SSSR count). The molecular formula is C29H48N4O5. The molecule has 0 radical (unpaired) electrons. The van der Waals surface area contributed by atoms with E-state index in [0.29, 0.717) is 28.6 Å². The van der Waals surface area contributed by atoms with Crippen LogP contribution in [0.3, 0.4) is 0 Å². The summed E-state index contributed by atoms with van der Waals surface area (Å²) < 4.78 is 10.0. The zero-order chi connectivity index (χ0) is 29.1. The average Bonchev–Trinajstić information content (AvgIpc) is 2.93. The lowest BCUT2D eigenvalue weighted by atomic mass is 10.1. The number of rotatable bonds is 6. The number of nitrogens with one attached hydrogen (secondary N) is 1. The number of ether oxygens (including phenoxy) is 2. The Labute approximate surface area is 228 Å². The van der Waals surface area contributed by atoms with E-state index in [0.717, 1.165) is 32.7 Å². The van der Waals surface area contributed by atoms with Crippen LogP contribution in [0.4, 0.5) is 10.5 Å². The highest BCUT2D eigenvalue weighted by Gasteiger charge is 2.25. The van der Waals surface area contributed by atoms with Crippen LogP contribution in [0, 0.1) is 0 Å². The van der Waals surface area contributed by atoms with Gasteiger partial charge in [0, 0.05) is 37.8 Å². The molecule has 0 bridgehead atoms. The van der Waals surface area contributed by atoms with Crippen molar-refractivity contribution in [2.75, 3.05) is 45.2 Å². The van der Waals surface area contributed by atoms with Crippen LogP contribution >= 0.6 is 0 Å². The van der Waals surface area contributed by atoms with Gasteiger partial charge in [0.25, 0.3) is 0 Å². The van der Waals surface area contributed by atoms with Crippen molar-refractivity contribution in [2.24, 2.45) is 0 Å². The maximum atomic E-state index is 11.8. The third kappa shape index (κ3) is 11.9. The summed E-state index contributed by atoms with van der Waals surface area (Å²) in [6.07, 6.45) is 4.37. The van der Waals surface area contributed by atoms with Gasteiger partial charge >= 0.3 is 12.1 Å². The highest BCUT2D eigenvalue weighted by atomic mass is 16.6. The van der Waals surface area contributed by atoms with Crippen LogP contribution in [0.2, 0.25) is 0 Å². The first-order valence-electron chi connectivity index (χ1n) is 13.6. The van der Waals surface area contributed by atoms with Crippen molar-refractivity contribution in [3.63, 3.8) is 0 Å². The largest absolute Gasteiger partial charge is 0.465 e. The van der Waals surface area contributed by atoms with Gasteiger partial charge < -0.3 is 19.7 Å². The molecule has 0 unspecified atom stereocenters. The fraction of sp³-hybridized carbons (Fsp3) is 0.586. The van der Waals surface area contributed by atoms with Crippen LogP contribution in [0.1, 0.15) is 78.6 Å². The molecule has 0 saturated carbocycles. The van der Waals surface area contributed by atoms with Crippen molar-refractivity contribution < 1.29 is 23.9 Å². The maximum Gasteiger partial charge on any atom is 0.410 e. The first kappa shape index (κ1) is 34.8. The first-order valence-corrected chi connectivity index (χ1v) is 13.6. The van der Waals surface area contributed by atoms with E-state index >= 15 is 0 Å². The van der Waals surface area contributed by atoms with E-state index in [1.54, 1.807) is 24.3 Å². The SMILES string of the molecule is CC.CC.CCCCN1CCN(C(=O)OC(C)(C)C)CC1.COC(=O)c1ccnc2c(NC=O)cccc12. The Morgan fingerprint density at radius 1 is 1.05 bits per heavy atom. The van der Waals surface area contributed by atoms with Gasteiger partial charge in [-0.05, 0) is 45.9 Å². The Bertz CT molecular complexity index is 967. The Balaban J connectivity index is 0.000000637. The lowest BCUT2D eigenvalue weighted by Gasteiger charge is -2.35. The third-order valence-electron chi connectivity index (χ3n) is 5.24. The molecule has 1 aliphatic rings. The van der Waals surface area contributed by atoms with Gasteiger partial charge in [0.2, 0.25) is 6.41 Å². The van der Waals surface area contributed by atoms with Crippen LogP contribution in [0.15, 0.2) is 30.5 Å². The molecule has 1 aromatic heterocycles. The van der Waals surface area contributed by atoms with Gasteiger partial charge in [-0.25, -0.2) is 9.59 Å². The van der Waals surface area contributed by atoms with E-state index in [1.807, 2.05) is 53.4 Å². The minimum Gasteiger partial charge on any atom is -0.465 e. The summed E-state index contributed by atoms with van der Waals surface area (Å²) in [6.45, 7) is 20.6. The number of carbonyl (C=O) groups is 3. The van der Waals surface area contributed by atoms with Crippen LogP contribution in [0.5, 0.6) is 0 Å². The predicted octanol–water partition coefficient (Wildman–Crippen LogP) is 5.98. The highest BCUT2D eigenvalue weighted by Crippen LogP contribution is 2.24. The van der Waals surface area contributed by atoms with Crippen molar-refractivity contribution >= 4 is 35.1 Å². The fourth-order valence-electron chi connectivity index (χ4n) is 3.51. The fourth-order valence-corrected chi connectivity index (χ4v) is 3.51. The molecule has 1 aliphatic heterocycles. The second-order valence-corrected chi connectivity index (χ2v) is 8.98. The van der Waals surface area contributed by atoms with Crippen LogP contribution in [0.25, 0.3) is 10.9 Å². The van der Waals surface area contributed by atoms with Crippen LogP contribution in [-0.4, -0.2) is 78.7 Å². The van der Waals surface area contributed by atoms with Gasteiger partial charge in [-0.3, -0.25) is 14.7 Å². The standard InChI is InChI=1S/C13H26N2O2.C12H10N2O3.2C2H6/c1-5-6-7-14-8-10-15(11-9-14)12(16)17-13(2,3)4;1-17-12(16)9-5-6-13-11-8(9)3-2-4-10(11)14-7-15;2*1-2/h5-11H2,1-4H3;2-7H,1H3,(H,14,15);2*1-2H3. The summed E-state index contributed by atoms with van der Waals surface area (Å²) in [5.74, 6) is -0.430.